The molecular formula is C23H24N2O4S. The summed E-state index contributed by atoms with van der Waals surface area (Å²) < 4.78 is 31.0. The maximum atomic E-state index is 12.6. The highest BCUT2D eigenvalue weighted by atomic mass is 32.2. The van der Waals surface area contributed by atoms with E-state index in [-0.39, 0.29) is 16.7 Å². The lowest BCUT2D eigenvalue weighted by molar-refractivity contribution is -0.119. The van der Waals surface area contributed by atoms with E-state index < -0.39 is 15.3 Å². The largest absolute Gasteiger partial charge is 0.494 e. The molecule has 0 saturated carbocycles. The van der Waals surface area contributed by atoms with Crippen LogP contribution in [0.1, 0.15) is 32.3 Å². The van der Waals surface area contributed by atoms with Gasteiger partial charge in [0.25, 0.3) is 0 Å². The number of anilines is 1. The van der Waals surface area contributed by atoms with Crippen LogP contribution < -0.4 is 10.1 Å². The number of nitrogens with zero attached hydrogens (tertiary/aromatic N) is 1. The van der Waals surface area contributed by atoms with E-state index in [1.165, 1.54) is 0 Å². The van der Waals surface area contributed by atoms with Crippen LogP contribution in [0.3, 0.4) is 0 Å². The lowest BCUT2D eigenvalue weighted by Crippen LogP contribution is -2.26. The third-order valence-electron chi connectivity index (χ3n) is 5.45. The SMILES string of the molecule is CC1(C)C(=O)Nc2ccc(OCCCCS(=O)(=O)c3ccc4ccccc4n3)cc21. The Morgan fingerprint density at radius 1 is 1.03 bits per heavy atom. The number of para-hydroxylation sites is 1. The van der Waals surface area contributed by atoms with Crippen molar-refractivity contribution in [1.82, 2.24) is 4.98 Å². The zero-order valence-electron chi connectivity index (χ0n) is 17.0. The molecule has 30 heavy (non-hydrogen) atoms. The first-order valence-electron chi connectivity index (χ1n) is 9.95. The van der Waals surface area contributed by atoms with Gasteiger partial charge in [0.1, 0.15) is 5.75 Å². The lowest BCUT2D eigenvalue weighted by Gasteiger charge is -2.16. The number of fused-ring (bicyclic) bond motifs is 2. The minimum Gasteiger partial charge on any atom is -0.494 e. The van der Waals surface area contributed by atoms with Gasteiger partial charge in [0, 0.05) is 11.1 Å². The average Bonchev–Trinajstić information content (AvgIpc) is 2.96. The first kappa shape index (κ1) is 20.3. The van der Waals surface area contributed by atoms with Gasteiger partial charge in [-0.05, 0) is 68.7 Å². The molecule has 0 aliphatic carbocycles. The molecule has 4 rings (SSSR count). The first-order chi connectivity index (χ1) is 14.3. The van der Waals surface area contributed by atoms with Gasteiger partial charge in [0.05, 0.1) is 23.3 Å². The van der Waals surface area contributed by atoms with Gasteiger partial charge < -0.3 is 10.1 Å². The number of sulfone groups is 1. The predicted molar refractivity (Wildman–Crippen MR) is 117 cm³/mol. The molecule has 0 radical (unpaired) electrons. The lowest BCUT2D eigenvalue weighted by atomic mass is 9.86. The topological polar surface area (TPSA) is 85.4 Å². The summed E-state index contributed by atoms with van der Waals surface area (Å²) in [6.45, 7) is 4.16. The number of aromatic nitrogens is 1. The Labute approximate surface area is 176 Å². The van der Waals surface area contributed by atoms with Crippen molar-refractivity contribution < 1.29 is 17.9 Å². The fourth-order valence-corrected chi connectivity index (χ4v) is 4.86. The van der Waals surface area contributed by atoms with E-state index in [4.69, 9.17) is 4.74 Å². The van der Waals surface area contributed by atoms with Crippen molar-refractivity contribution in [3.8, 4) is 5.75 Å². The Balaban J connectivity index is 1.32. The van der Waals surface area contributed by atoms with E-state index in [0.29, 0.717) is 30.7 Å². The van der Waals surface area contributed by atoms with Gasteiger partial charge >= 0.3 is 0 Å². The number of hydrogen-bond donors (Lipinski definition) is 1. The van der Waals surface area contributed by atoms with Crippen LogP contribution in [0.4, 0.5) is 5.69 Å². The molecule has 0 unspecified atom stereocenters. The van der Waals surface area contributed by atoms with Crippen LogP contribution in [0.2, 0.25) is 0 Å². The molecule has 156 valence electrons. The molecule has 6 nitrogen and oxygen atoms in total. The molecule has 0 saturated heterocycles. The van der Waals surface area contributed by atoms with Crippen LogP contribution in [0.15, 0.2) is 59.6 Å². The van der Waals surface area contributed by atoms with Crippen LogP contribution in [0.25, 0.3) is 10.9 Å². The van der Waals surface area contributed by atoms with Crippen molar-refractivity contribution in [2.45, 2.75) is 37.1 Å². The van der Waals surface area contributed by atoms with E-state index >= 15 is 0 Å². The molecule has 1 aliphatic rings. The number of carbonyl (C=O) groups excluding carboxylic acids is 1. The van der Waals surface area contributed by atoms with Crippen molar-refractivity contribution in [3.63, 3.8) is 0 Å². The second kappa shape index (κ2) is 7.72. The molecule has 1 aromatic heterocycles. The van der Waals surface area contributed by atoms with Gasteiger partial charge in [0.2, 0.25) is 5.91 Å². The van der Waals surface area contributed by atoms with Crippen molar-refractivity contribution >= 4 is 32.3 Å². The molecule has 1 N–H and O–H groups in total. The Morgan fingerprint density at radius 2 is 1.83 bits per heavy atom. The number of carbonyl (C=O) groups is 1. The second-order valence-electron chi connectivity index (χ2n) is 8.00. The maximum Gasteiger partial charge on any atom is 0.234 e. The molecular weight excluding hydrogens is 400 g/mol. The van der Waals surface area contributed by atoms with Crippen molar-refractivity contribution in [2.24, 2.45) is 0 Å². The van der Waals surface area contributed by atoms with E-state index in [2.05, 4.69) is 10.3 Å². The summed E-state index contributed by atoms with van der Waals surface area (Å²) in [7, 11) is -3.44. The maximum absolute atomic E-state index is 12.6. The average molecular weight is 425 g/mol. The third-order valence-corrected chi connectivity index (χ3v) is 7.14. The number of rotatable bonds is 7. The summed E-state index contributed by atoms with van der Waals surface area (Å²) in [5.74, 6) is 0.677. The van der Waals surface area contributed by atoms with Gasteiger partial charge in [0.15, 0.2) is 14.9 Å². The molecule has 1 aliphatic heterocycles. The normalized spacial score (nSPS) is 15.1. The Kier molecular flexibility index (Phi) is 5.24. The fraction of sp³-hybridized carbons (Fsp3) is 0.304. The second-order valence-corrected chi connectivity index (χ2v) is 10.1. The highest BCUT2D eigenvalue weighted by molar-refractivity contribution is 7.91. The summed E-state index contributed by atoms with van der Waals surface area (Å²) in [4.78, 5) is 16.3. The summed E-state index contributed by atoms with van der Waals surface area (Å²) in [5, 5.41) is 3.89. The number of nitrogens with one attached hydrogen (secondary N) is 1. The van der Waals surface area contributed by atoms with E-state index in [1.54, 1.807) is 12.1 Å². The summed E-state index contributed by atoms with van der Waals surface area (Å²) in [6, 6.07) is 16.3. The van der Waals surface area contributed by atoms with Crippen molar-refractivity contribution in [2.75, 3.05) is 17.7 Å². The molecule has 2 heterocycles. The summed E-state index contributed by atoms with van der Waals surface area (Å²) in [6.07, 6.45) is 1.08. The van der Waals surface area contributed by atoms with Crippen LogP contribution >= 0.6 is 0 Å². The van der Waals surface area contributed by atoms with Crippen molar-refractivity contribution in [1.29, 1.82) is 0 Å². The molecule has 0 atom stereocenters. The highest BCUT2D eigenvalue weighted by Gasteiger charge is 2.38. The van der Waals surface area contributed by atoms with Gasteiger partial charge in [-0.3, -0.25) is 4.79 Å². The molecule has 0 bridgehead atoms. The van der Waals surface area contributed by atoms with E-state index in [9.17, 15) is 13.2 Å². The fourth-order valence-electron chi connectivity index (χ4n) is 3.55. The summed E-state index contributed by atoms with van der Waals surface area (Å²) in [5.41, 5.74) is 1.81. The third kappa shape index (κ3) is 3.89. The standard InChI is InChI=1S/C23H24N2O4S/c1-23(2)18-15-17(10-11-20(18)25-22(23)26)29-13-5-6-14-30(27,28)21-12-9-16-7-3-4-8-19(16)24-21/h3-4,7-12,15H,5-6,13-14H2,1-2H3,(H,25,26). The number of unbranched alkanes of at least 4 members (excludes halogenated alkanes) is 1. The van der Waals surface area contributed by atoms with Gasteiger partial charge in [-0.15, -0.1) is 0 Å². The minimum absolute atomic E-state index is 0.0251. The highest BCUT2D eigenvalue weighted by Crippen LogP contribution is 2.39. The number of hydrogen-bond acceptors (Lipinski definition) is 5. The van der Waals surface area contributed by atoms with E-state index in [0.717, 1.165) is 16.6 Å². The number of amides is 1. The Bertz CT molecular complexity index is 1220. The van der Waals surface area contributed by atoms with Gasteiger partial charge in [-0.25, -0.2) is 13.4 Å². The van der Waals surface area contributed by atoms with Crippen molar-refractivity contribution in [3.05, 3.63) is 60.2 Å². The zero-order chi connectivity index (χ0) is 21.4. The summed E-state index contributed by atoms with van der Waals surface area (Å²) >= 11 is 0. The quantitative estimate of drug-likeness (QED) is 0.577. The molecule has 3 aromatic rings. The Morgan fingerprint density at radius 3 is 2.67 bits per heavy atom. The van der Waals surface area contributed by atoms with Crippen LogP contribution in [0, 0.1) is 0 Å². The van der Waals surface area contributed by atoms with Crippen LogP contribution in [-0.2, 0) is 20.0 Å². The number of pyridine rings is 1. The molecule has 2 aromatic carbocycles. The first-order valence-corrected chi connectivity index (χ1v) is 11.6. The van der Waals surface area contributed by atoms with Crippen LogP contribution in [-0.4, -0.2) is 31.7 Å². The van der Waals surface area contributed by atoms with Crippen LogP contribution in [0.5, 0.6) is 5.75 Å². The Hall–Kier alpha value is -2.93. The van der Waals surface area contributed by atoms with Gasteiger partial charge in [-0.1, -0.05) is 18.2 Å². The number of ether oxygens (including phenoxy) is 1. The molecule has 7 heteroatoms. The van der Waals surface area contributed by atoms with E-state index in [1.807, 2.05) is 56.3 Å². The zero-order valence-corrected chi connectivity index (χ0v) is 17.8. The molecule has 0 spiro atoms. The predicted octanol–water partition coefficient (Wildman–Crippen LogP) is 4.10. The van der Waals surface area contributed by atoms with Gasteiger partial charge in [-0.2, -0.15) is 0 Å². The molecule has 0 fully saturated rings. The smallest absolute Gasteiger partial charge is 0.234 e. The minimum atomic E-state index is -3.44. The number of benzene rings is 2. The monoisotopic (exact) mass is 424 g/mol. The molecule has 1 amide bonds.